The molecule has 0 nitrogen and oxygen atoms in total. The van der Waals surface area contributed by atoms with E-state index in [1.165, 1.54) is 12.8 Å². The highest BCUT2D eigenvalue weighted by atomic mass is 14.5. The van der Waals surface area contributed by atoms with Crippen molar-refractivity contribution in [2.75, 3.05) is 0 Å². The van der Waals surface area contributed by atoms with E-state index < -0.39 is 0 Å². The Hall–Kier alpha value is -1.30. The molecule has 2 atom stereocenters. The van der Waals surface area contributed by atoms with Crippen LogP contribution in [0.4, 0.5) is 0 Å². The van der Waals surface area contributed by atoms with Crippen molar-refractivity contribution < 1.29 is 0 Å². The molecule has 5 rings (SSSR count). The van der Waals surface area contributed by atoms with Gasteiger partial charge in [0, 0.05) is 11.3 Å². The van der Waals surface area contributed by atoms with E-state index in [2.05, 4.69) is 43.4 Å². The Balaban J connectivity index is 2.15. The van der Waals surface area contributed by atoms with Crippen LogP contribution in [0.3, 0.4) is 0 Å². The molecule has 0 fully saturated rings. The molecule has 0 N–H and O–H groups in total. The quantitative estimate of drug-likeness (QED) is 0.555. The molecule has 0 saturated heterocycles. The van der Waals surface area contributed by atoms with Crippen molar-refractivity contribution in [2.45, 2.75) is 31.1 Å². The second-order valence-electron chi connectivity index (χ2n) is 5.15. The maximum Gasteiger partial charge on any atom is 0.0324 e. The molecule has 15 heavy (non-hydrogen) atoms. The average Bonchev–Trinajstić information content (AvgIpc) is 2.60. The van der Waals surface area contributed by atoms with Gasteiger partial charge in [-0.05, 0) is 36.5 Å². The van der Waals surface area contributed by atoms with Gasteiger partial charge in [0.25, 0.3) is 0 Å². The summed E-state index contributed by atoms with van der Waals surface area (Å²) in [5.74, 6) is 0.569. The summed E-state index contributed by atoms with van der Waals surface area (Å²) >= 11 is 0. The number of allylic oxidation sites excluding steroid dienone is 4. The maximum atomic E-state index is 2.51. The third-order valence-corrected chi connectivity index (χ3v) is 4.35. The van der Waals surface area contributed by atoms with Crippen LogP contribution >= 0.6 is 0 Å². The molecule has 0 heterocycles. The lowest BCUT2D eigenvalue weighted by Crippen LogP contribution is -2.29. The molecule has 0 saturated carbocycles. The molecule has 1 aromatic carbocycles. The molecule has 1 spiro atoms. The Bertz CT molecular complexity index is 519. The number of hydrogen-bond acceptors (Lipinski definition) is 0. The van der Waals surface area contributed by atoms with Crippen molar-refractivity contribution >= 4 is 0 Å². The molecule has 0 unspecified atom stereocenters. The van der Waals surface area contributed by atoms with E-state index in [1.54, 1.807) is 22.3 Å². The number of rotatable bonds is 0. The lowest BCUT2D eigenvalue weighted by atomic mass is 9.65. The van der Waals surface area contributed by atoms with Gasteiger partial charge in [0.05, 0.1) is 0 Å². The molecule has 1 aromatic rings. The molecule has 0 radical (unpaired) electrons. The zero-order valence-electron chi connectivity index (χ0n) is 8.96. The summed E-state index contributed by atoms with van der Waals surface area (Å²) in [5, 5.41) is 0. The normalized spacial score (nSPS) is 34.2. The van der Waals surface area contributed by atoms with Crippen LogP contribution in [-0.4, -0.2) is 0 Å². The molecule has 2 bridgehead atoms. The van der Waals surface area contributed by atoms with Crippen molar-refractivity contribution in [3.8, 4) is 0 Å². The Morgan fingerprint density at radius 2 is 2.27 bits per heavy atom. The Morgan fingerprint density at radius 1 is 1.33 bits per heavy atom. The largest absolute Gasteiger partial charge is 0.0758 e. The van der Waals surface area contributed by atoms with E-state index >= 15 is 0 Å². The van der Waals surface area contributed by atoms with Crippen molar-refractivity contribution in [3.63, 3.8) is 0 Å². The lowest BCUT2D eigenvalue weighted by molar-refractivity contribution is 0.603. The van der Waals surface area contributed by atoms with E-state index in [-0.39, 0.29) is 5.41 Å². The lowest BCUT2D eigenvalue weighted by Gasteiger charge is -2.39. The highest BCUT2D eigenvalue weighted by molar-refractivity contribution is 5.62. The molecule has 4 aliphatic carbocycles. The van der Waals surface area contributed by atoms with E-state index in [0.717, 1.165) is 0 Å². The van der Waals surface area contributed by atoms with Gasteiger partial charge >= 0.3 is 0 Å². The first kappa shape index (κ1) is 7.92. The minimum atomic E-state index is 0.282. The Kier molecular flexibility index (Phi) is 1.20. The highest BCUT2D eigenvalue weighted by Gasteiger charge is 2.43. The smallest absolute Gasteiger partial charge is 0.0324 e. The molecular weight excluding hydrogens is 180 g/mol. The minimum Gasteiger partial charge on any atom is -0.0758 e. The first-order valence-electron chi connectivity index (χ1n) is 5.81. The first-order chi connectivity index (χ1) is 7.30. The van der Waals surface area contributed by atoms with Crippen molar-refractivity contribution in [2.24, 2.45) is 0 Å². The van der Waals surface area contributed by atoms with Gasteiger partial charge in [-0.1, -0.05) is 42.0 Å². The van der Waals surface area contributed by atoms with Crippen molar-refractivity contribution in [3.05, 3.63) is 58.7 Å². The standard InChI is InChI=1S/C15H14/c1-10-9-15-7-5-11-3-2-4-13(14(11)15)12(10)6-8-15/h2-4,6,8-9,12H,5,7H2,1H3/t12-,15+/m1/s1. The van der Waals surface area contributed by atoms with Gasteiger partial charge in [-0.3, -0.25) is 0 Å². The van der Waals surface area contributed by atoms with Crippen LogP contribution in [0.25, 0.3) is 0 Å². The zero-order valence-corrected chi connectivity index (χ0v) is 8.96. The van der Waals surface area contributed by atoms with E-state index in [1.807, 2.05) is 0 Å². The molecule has 0 aromatic heterocycles. The van der Waals surface area contributed by atoms with Crippen LogP contribution in [0.5, 0.6) is 0 Å². The highest BCUT2D eigenvalue weighted by Crippen LogP contribution is 2.54. The summed E-state index contributed by atoms with van der Waals surface area (Å²) in [4.78, 5) is 0. The monoisotopic (exact) mass is 194 g/mol. The average molecular weight is 194 g/mol. The molecule has 4 aliphatic rings. The molecule has 74 valence electrons. The van der Waals surface area contributed by atoms with Gasteiger partial charge in [-0.15, -0.1) is 0 Å². The summed E-state index contributed by atoms with van der Waals surface area (Å²) in [5.41, 5.74) is 6.63. The fourth-order valence-corrected chi connectivity index (χ4v) is 3.75. The summed E-state index contributed by atoms with van der Waals surface area (Å²) in [6.45, 7) is 2.28. The third-order valence-electron chi connectivity index (χ3n) is 4.35. The topological polar surface area (TPSA) is 0 Å². The van der Waals surface area contributed by atoms with E-state index in [4.69, 9.17) is 0 Å². The van der Waals surface area contributed by atoms with Gasteiger partial charge in [0.2, 0.25) is 0 Å². The predicted molar refractivity (Wildman–Crippen MR) is 62.1 cm³/mol. The summed E-state index contributed by atoms with van der Waals surface area (Å²) in [6.07, 6.45) is 9.90. The van der Waals surface area contributed by atoms with E-state index in [9.17, 15) is 0 Å². The van der Waals surface area contributed by atoms with Crippen LogP contribution in [0.15, 0.2) is 42.0 Å². The molecular formula is C15H14. The molecule has 0 heteroatoms. The van der Waals surface area contributed by atoms with Gasteiger partial charge in [-0.2, -0.15) is 0 Å². The number of aryl methyl sites for hydroxylation is 1. The van der Waals surface area contributed by atoms with Crippen LogP contribution < -0.4 is 0 Å². The number of benzene rings is 1. The zero-order chi connectivity index (χ0) is 10.0. The van der Waals surface area contributed by atoms with Crippen LogP contribution in [0, 0.1) is 0 Å². The van der Waals surface area contributed by atoms with E-state index in [0.29, 0.717) is 5.92 Å². The molecule has 0 aliphatic heterocycles. The summed E-state index contributed by atoms with van der Waals surface area (Å²) < 4.78 is 0. The predicted octanol–water partition coefficient (Wildman–Crippen LogP) is 3.48. The van der Waals surface area contributed by atoms with Gasteiger partial charge in [0.15, 0.2) is 0 Å². The van der Waals surface area contributed by atoms with Crippen molar-refractivity contribution in [1.82, 2.24) is 0 Å². The summed E-state index contributed by atoms with van der Waals surface area (Å²) in [6, 6.07) is 6.86. The second kappa shape index (κ2) is 2.27. The van der Waals surface area contributed by atoms with Gasteiger partial charge in [-0.25, -0.2) is 0 Å². The van der Waals surface area contributed by atoms with Crippen LogP contribution in [-0.2, 0) is 11.8 Å². The maximum absolute atomic E-state index is 2.51. The second-order valence-corrected chi connectivity index (χ2v) is 5.15. The van der Waals surface area contributed by atoms with Gasteiger partial charge in [0.1, 0.15) is 0 Å². The molecule has 0 amide bonds. The SMILES string of the molecule is CC1=C[C@]23C=C[C@H]1c1cccc(c12)CC3. The van der Waals surface area contributed by atoms with Gasteiger partial charge < -0.3 is 0 Å². The van der Waals surface area contributed by atoms with Crippen LogP contribution in [0.1, 0.15) is 36.0 Å². The summed E-state index contributed by atoms with van der Waals surface area (Å²) in [7, 11) is 0. The first-order valence-corrected chi connectivity index (χ1v) is 5.81. The van der Waals surface area contributed by atoms with Crippen LogP contribution in [0.2, 0.25) is 0 Å². The van der Waals surface area contributed by atoms with Crippen molar-refractivity contribution in [1.29, 1.82) is 0 Å². The Morgan fingerprint density at radius 3 is 3.13 bits per heavy atom. The Labute approximate surface area is 90.3 Å². The fourth-order valence-electron chi connectivity index (χ4n) is 3.75. The number of hydrogen-bond donors (Lipinski definition) is 0. The minimum absolute atomic E-state index is 0.282. The fraction of sp³-hybridized carbons (Fsp3) is 0.333. The third kappa shape index (κ3) is 0.761.